The average molecular weight is 552 g/mol. The third kappa shape index (κ3) is 27.8. The minimum absolute atomic E-state index is 0.261. The lowest BCUT2D eigenvalue weighted by molar-refractivity contribution is 0.216. The van der Waals surface area contributed by atoms with E-state index < -0.39 is 0 Å². The van der Waals surface area contributed by atoms with E-state index in [9.17, 15) is 5.11 Å². The Morgan fingerprint density at radius 1 is 0.385 bits per heavy atom. The minimum Gasteiger partial charge on any atom is -0.395 e. The van der Waals surface area contributed by atoms with Crippen LogP contribution in [0.2, 0.25) is 0 Å². The molecule has 0 saturated carbocycles. The fraction of sp³-hybridized carbons (Fsp3) is 1.00. The molecule has 0 aliphatic heterocycles. The summed E-state index contributed by atoms with van der Waals surface area (Å²) in [4.78, 5) is 0. The Balaban J connectivity index is 3.76. The molecule has 0 aromatic rings. The summed E-state index contributed by atoms with van der Waals surface area (Å²) in [6.45, 7) is 7.98. The highest BCUT2D eigenvalue weighted by molar-refractivity contribution is 4.86. The van der Waals surface area contributed by atoms with E-state index in [4.69, 9.17) is 0 Å². The third-order valence-corrected chi connectivity index (χ3v) is 9.31. The maximum atomic E-state index is 9.45. The number of aliphatic hydroxyl groups excluding tert-OH is 1. The molecule has 2 N–H and O–H groups in total. The standard InChI is InChI=1S/C37H77NO/c1-4-7-9-11-13-15-17-19-21-23-25-27-29-31-33-37(6-3,38-35-36-39)34-32-30-28-26-24-22-20-18-16-14-12-10-8-5-2/h38-39H,4-36H2,1-3H3. The molecule has 0 saturated heterocycles. The van der Waals surface area contributed by atoms with Gasteiger partial charge in [0.2, 0.25) is 0 Å². The second-order valence-corrected chi connectivity index (χ2v) is 13.0. The van der Waals surface area contributed by atoms with Crippen molar-refractivity contribution < 1.29 is 5.11 Å². The van der Waals surface area contributed by atoms with Gasteiger partial charge in [-0.15, -0.1) is 0 Å². The molecule has 0 aromatic heterocycles. The lowest BCUT2D eigenvalue weighted by atomic mass is 9.83. The molecule has 0 heterocycles. The minimum atomic E-state index is 0.261. The number of hydrogen-bond donors (Lipinski definition) is 2. The quantitative estimate of drug-likeness (QED) is 0.0779. The lowest BCUT2D eigenvalue weighted by Gasteiger charge is -2.34. The number of hydrogen-bond acceptors (Lipinski definition) is 2. The van der Waals surface area contributed by atoms with E-state index in [0.29, 0.717) is 0 Å². The Morgan fingerprint density at radius 2 is 0.641 bits per heavy atom. The van der Waals surface area contributed by atoms with Crippen LogP contribution in [0.15, 0.2) is 0 Å². The van der Waals surface area contributed by atoms with E-state index in [-0.39, 0.29) is 12.1 Å². The number of β-amino-alcohol motifs (C(OH)–C–C–N with tert-alkyl or cyclic N) is 1. The first kappa shape index (κ1) is 38.9. The average Bonchev–Trinajstić information content (AvgIpc) is 2.95. The first-order valence-corrected chi connectivity index (χ1v) is 18.6. The largest absolute Gasteiger partial charge is 0.395 e. The molecule has 2 nitrogen and oxygen atoms in total. The molecule has 0 aromatic carbocycles. The van der Waals surface area contributed by atoms with Crippen molar-refractivity contribution in [1.82, 2.24) is 5.32 Å². The van der Waals surface area contributed by atoms with Gasteiger partial charge in [-0.3, -0.25) is 0 Å². The van der Waals surface area contributed by atoms with Gasteiger partial charge in [0.1, 0.15) is 0 Å². The van der Waals surface area contributed by atoms with E-state index in [1.54, 1.807) is 0 Å². The summed E-state index contributed by atoms with van der Waals surface area (Å²) in [6.07, 6.45) is 43.8. The van der Waals surface area contributed by atoms with E-state index >= 15 is 0 Å². The molecule has 0 spiro atoms. The summed E-state index contributed by atoms with van der Waals surface area (Å²) in [7, 11) is 0. The maximum Gasteiger partial charge on any atom is 0.0556 e. The fourth-order valence-electron chi connectivity index (χ4n) is 6.42. The smallest absolute Gasteiger partial charge is 0.0556 e. The first-order chi connectivity index (χ1) is 19.2. The Morgan fingerprint density at radius 3 is 0.872 bits per heavy atom. The van der Waals surface area contributed by atoms with E-state index in [2.05, 4.69) is 26.1 Å². The molecule has 0 unspecified atom stereocenters. The topological polar surface area (TPSA) is 32.3 Å². The highest BCUT2D eigenvalue weighted by Gasteiger charge is 2.26. The number of nitrogens with one attached hydrogen (secondary N) is 1. The monoisotopic (exact) mass is 552 g/mol. The summed E-state index contributed by atoms with van der Waals surface area (Å²) in [5, 5.41) is 13.2. The molecule has 0 aliphatic rings. The normalized spacial score (nSPS) is 12.0. The molecular weight excluding hydrogens is 474 g/mol. The van der Waals surface area contributed by atoms with Crippen molar-refractivity contribution in [3.63, 3.8) is 0 Å². The first-order valence-electron chi connectivity index (χ1n) is 18.6. The highest BCUT2D eigenvalue weighted by atomic mass is 16.3. The van der Waals surface area contributed by atoms with Gasteiger partial charge in [0, 0.05) is 12.1 Å². The Hall–Kier alpha value is -0.0800. The summed E-state index contributed by atoms with van der Waals surface area (Å²) in [5.41, 5.74) is 0.261. The molecule has 0 amide bonds. The second-order valence-electron chi connectivity index (χ2n) is 13.0. The Bertz CT molecular complexity index is 405. The number of rotatable bonds is 34. The van der Waals surface area contributed by atoms with Crippen LogP contribution in [0.25, 0.3) is 0 Å². The van der Waals surface area contributed by atoms with E-state index in [1.165, 1.54) is 199 Å². The van der Waals surface area contributed by atoms with Crippen LogP contribution in [0.3, 0.4) is 0 Å². The zero-order valence-corrected chi connectivity index (χ0v) is 27.8. The van der Waals surface area contributed by atoms with Crippen LogP contribution in [-0.4, -0.2) is 23.8 Å². The zero-order chi connectivity index (χ0) is 28.5. The highest BCUT2D eigenvalue weighted by Crippen LogP contribution is 2.27. The summed E-state index contributed by atoms with van der Waals surface area (Å²) in [5.74, 6) is 0. The van der Waals surface area contributed by atoms with Crippen LogP contribution in [0.5, 0.6) is 0 Å². The molecule has 2 heteroatoms. The van der Waals surface area contributed by atoms with E-state index in [0.717, 1.165) is 6.54 Å². The van der Waals surface area contributed by atoms with Gasteiger partial charge in [0.25, 0.3) is 0 Å². The van der Waals surface area contributed by atoms with Gasteiger partial charge in [-0.05, 0) is 19.3 Å². The van der Waals surface area contributed by atoms with Gasteiger partial charge in [-0.1, -0.05) is 201 Å². The Kier molecular flexibility index (Phi) is 32.4. The summed E-state index contributed by atoms with van der Waals surface area (Å²) in [6, 6.07) is 0. The van der Waals surface area contributed by atoms with Crippen molar-refractivity contribution in [3.05, 3.63) is 0 Å². The molecule has 0 bridgehead atoms. The lowest BCUT2D eigenvalue weighted by Crippen LogP contribution is -2.46. The molecule has 236 valence electrons. The number of unbranched alkanes of at least 4 members (excludes halogenated alkanes) is 26. The Labute approximate surface area is 248 Å². The van der Waals surface area contributed by atoms with Crippen molar-refractivity contribution in [2.45, 2.75) is 225 Å². The third-order valence-electron chi connectivity index (χ3n) is 9.31. The van der Waals surface area contributed by atoms with Crippen LogP contribution in [0.1, 0.15) is 220 Å². The molecule has 0 rings (SSSR count). The predicted octanol–water partition coefficient (Wildman–Crippen LogP) is 12.5. The van der Waals surface area contributed by atoms with Gasteiger partial charge in [0.15, 0.2) is 0 Å². The summed E-state index contributed by atoms with van der Waals surface area (Å²) >= 11 is 0. The van der Waals surface area contributed by atoms with Crippen LogP contribution < -0.4 is 5.32 Å². The second kappa shape index (κ2) is 32.4. The molecule has 0 aliphatic carbocycles. The fourth-order valence-corrected chi connectivity index (χ4v) is 6.42. The van der Waals surface area contributed by atoms with Crippen LogP contribution in [0, 0.1) is 0 Å². The van der Waals surface area contributed by atoms with Crippen LogP contribution in [0.4, 0.5) is 0 Å². The van der Waals surface area contributed by atoms with Crippen molar-refractivity contribution in [2.24, 2.45) is 0 Å². The van der Waals surface area contributed by atoms with Gasteiger partial charge in [-0.25, -0.2) is 0 Å². The summed E-state index contributed by atoms with van der Waals surface area (Å²) < 4.78 is 0. The van der Waals surface area contributed by atoms with Gasteiger partial charge in [0.05, 0.1) is 6.61 Å². The molecule has 0 fully saturated rings. The van der Waals surface area contributed by atoms with Gasteiger partial charge in [-0.2, -0.15) is 0 Å². The SMILES string of the molecule is CCCCCCCCCCCCCCCCC(CC)(CCCCCCCCCCCCCCCC)NCCO. The van der Waals surface area contributed by atoms with Crippen LogP contribution >= 0.6 is 0 Å². The number of aliphatic hydroxyl groups is 1. The molecule has 0 radical (unpaired) electrons. The van der Waals surface area contributed by atoms with Crippen molar-refractivity contribution in [3.8, 4) is 0 Å². The predicted molar refractivity (Wildman–Crippen MR) is 178 cm³/mol. The van der Waals surface area contributed by atoms with E-state index in [1.807, 2.05) is 0 Å². The van der Waals surface area contributed by atoms with Crippen LogP contribution in [-0.2, 0) is 0 Å². The maximum absolute atomic E-state index is 9.45. The van der Waals surface area contributed by atoms with Crippen molar-refractivity contribution in [1.29, 1.82) is 0 Å². The molecule has 0 atom stereocenters. The van der Waals surface area contributed by atoms with Gasteiger partial charge < -0.3 is 10.4 Å². The van der Waals surface area contributed by atoms with Crippen molar-refractivity contribution in [2.75, 3.05) is 13.2 Å². The molecular formula is C37H77NO. The van der Waals surface area contributed by atoms with Crippen molar-refractivity contribution >= 4 is 0 Å². The molecule has 39 heavy (non-hydrogen) atoms. The van der Waals surface area contributed by atoms with Gasteiger partial charge >= 0.3 is 0 Å². The zero-order valence-electron chi connectivity index (χ0n) is 27.8.